The summed E-state index contributed by atoms with van der Waals surface area (Å²) in [6.45, 7) is 0.515. The summed E-state index contributed by atoms with van der Waals surface area (Å²) >= 11 is 14.2. The highest BCUT2D eigenvalue weighted by Gasteiger charge is 2.07. The predicted molar refractivity (Wildman–Crippen MR) is 84.5 cm³/mol. The third kappa shape index (κ3) is 3.53. The largest absolute Gasteiger partial charge is 0.489 e. The van der Waals surface area contributed by atoms with E-state index in [0.29, 0.717) is 17.5 Å². The molecule has 2 aromatic carbocycles. The van der Waals surface area contributed by atoms with Crippen molar-refractivity contribution in [2.24, 2.45) is 0 Å². The molecule has 0 aliphatic carbocycles. The Bertz CT molecular complexity index is 526. The Morgan fingerprint density at radius 2 is 1.78 bits per heavy atom. The van der Waals surface area contributed by atoms with Crippen molar-refractivity contribution >= 4 is 45.8 Å². The SMILES string of the molecule is ClCc1c(Cl)cccc1OCc1ccc(I)cc1. The highest BCUT2D eigenvalue weighted by atomic mass is 127. The Morgan fingerprint density at radius 1 is 1.06 bits per heavy atom. The van der Waals surface area contributed by atoms with Crippen LogP contribution in [0.15, 0.2) is 42.5 Å². The predicted octanol–water partition coefficient (Wildman–Crippen LogP) is 5.26. The van der Waals surface area contributed by atoms with Gasteiger partial charge in [0.15, 0.2) is 0 Å². The first kappa shape index (κ1) is 14.0. The van der Waals surface area contributed by atoms with Crippen LogP contribution in [0.4, 0.5) is 0 Å². The number of hydrogen-bond acceptors (Lipinski definition) is 1. The van der Waals surface area contributed by atoms with Gasteiger partial charge < -0.3 is 4.74 Å². The van der Waals surface area contributed by atoms with Crippen LogP contribution in [-0.4, -0.2) is 0 Å². The highest BCUT2D eigenvalue weighted by Crippen LogP contribution is 2.28. The molecule has 0 saturated carbocycles. The van der Waals surface area contributed by atoms with Crippen molar-refractivity contribution in [3.8, 4) is 5.75 Å². The lowest BCUT2D eigenvalue weighted by atomic mass is 10.2. The van der Waals surface area contributed by atoms with Gasteiger partial charge in [0.2, 0.25) is 0 Å². The molecule has 94 valence electrons. The minimum Gasteiger partial charge on any atom is -0.489 e. The van der Waals surface area contributed by atoms with Crippen molar-refractivity contribution in [2.45, 2.75) is 12.5 Å². The Morgan fingerprint density at radius 3 is 2.44 bits per heavy atom. The zero-order chi connectivity index (χ0) is 13.0. The summed E-state index contributed by atoms with van der Waals surface area (Å²) in [7, 11) is 0. The molecule has 0 aromatic heterocycles. The maximum Gasteiger partial charge on any atom is 0.125 e. The number of ether oxygens (including phenoxy) is 1. The molecule has 0 fully saturated rings. The van der Waals surface area contributed by atoms with Crippen LogP contribution in [0.5, 0.6) is 5.75 Å². The Hall–Kier alpha value is -0.450. The Kier molecular flexibility index (Phi) is 5.15. The minimum absolute atomic E-state index is 0.349. The average molecular weight is 393 g/mol. The van der Waals surface area contributed by atoms with Gasteiger partial charge in [-0.3, -0.25) is 0 Å². The molecule has 0 aliphatic rings. The van der Waals surface area contributed by atoms with Gasteiger partial charge in [0.25, 0.3) is 0 Å². The Balaban J connectivity index is 2.10. The summed E-state index contributed by atoms with van der Waals surface area (Å²) in [5.74, 6) is 1.10. The molecule has 0 N–H and O–H groups in total. The third-order valence-electron chi connectivity index (χ3n) is 2.52. The van der Waals surface area contributed by atoms with Crippen molar-refractivity contribution in [3.63, 3.8) is 0 Å². The average Bonchev–Trinajstić information content (AvgIpc) is 2.38. The van der Waals surface area contributed by atoms with Crippen LogP contribution in [0.1, 0.15) is 11.1 Å². The van der Waals surface area contributed by atoms with Gasteiger partial charge in [0, 0.05) is 14.2 Å². The molecular weight excluding hydrogens is 382 g/mol. The molecule has 0 unspecified atom stereocenters. The molecule has 0 aliphatic heterocycles. The first-order chi connectivity index (χ1) is 8.70. The summed E-state index contributed by atoms with van der Waals surface area (Å²) < 4.78 is 6.97. The lowest BCUT2D eigenvalue weighted by Crippen LogP contribution is -1.98. The fraction of sp³-hybridized carbons (Fsp3) is 0.143. The van der Waals surface area contributed by atoms with Crippen LogP contribution in [0.3, 0.4) is 0 Å². The number of hydrogen-bond donors (Lipinski definition) is 0. The second-order valence-corrected chi connectivity index (χ2v) is 5.69. The number of halogens is 3. The van der Waals surface area contributed by atoms with E-state index >= 15 is 0 Å². The van der Waals surface area contributed by atoms with Gasteiger partial charge in [-0.15, -0.1) is 11.6 Å². The number of rotatable bonds is 4. The summed E-state index contributed by atoms with van der Waals surface area (Å²) in [6, 6.07) is 13.8. The quantitative estimate of drug-likeness (QED) is 0.509. The topological polar surface area (TPSA) is 9.23 Å². The molecular formula is C14H11Cl2IO. The molecule has 2 aromatic rings. The molecule has 18 heavy (non-hydrogen) atoms. The molecule has 0 amide bonds. The van der Waals surface area contributed by atoms with Crippen molar-refractivity contribution < 1.29 is 4.74 Å². The lowest BCUT2D eigenvalue weighted by Gasteiger charge is -2.11. The third-order valence-corrected chi connectivity index (χ3v) is 3.86. The highest BCUT2D eigenvalue weighted by molar-refractivity contribution is 14.1. The van der Waals surface area contributed by atoms with Crippen LogP contribution in [0, 0.1) is 3.57 Å². The van der Waals surface area contributed by atoms with Crippen LogP contribution >= 0.6 is 45.8 Å². The Labute approximate surface area is 130 Å². The van der Waals surface area contributed by atoms with Crippen molar-refractivity contribution in [1.29, 1.82) is 0 Å². The van der Waals surface area contributed by atoms with Crippen molar-refractivity contribution in [2.75, 3.05) is 0 Å². The van der Waals surface area contributed by atoms with Gasteiger partial charge in [-0.25, -0.2) is 0 Å². The van der Waals surface area contributed by atoms with Gasteiger partial charge in [0.05, 0.1) is 5.88 Å². The van der Waals surface area contributed by atoms with Gasteiger partial charge in [-0.05, 0) is 52.4 Å². The molecule has 0 atom stereocenters. The van der Waals surface area contributed by atoms with Crippen LogP contribution in [0.2, 0.25) is 5.02 Å². The summed E-state index contributed by atoms with van der Waals surface area (Å²) in [5, 5.41) is 0.644. The monoisotopic (exact) mass is 392 g/mol. The van der Waals surface area contributed by atoms with Gasteiger partial charge in [-0.2, -0.15) is 0 Å². The lowest BCUT2D eigenvalue weighted by molar-refractivity contribution is 0.304. The fourth-order valence-electron chi connectivity index (χ4n) is 1.55. The number of benzene rings is 2. The van der Waals surface area contributed by atoms with Crippen LogP contribution < -0.4 is 4.74 Å². The smallest absolute Gasteiger partial charge is 0.125 e. The first-order valence-electron chi connectivity index (χ1n) is 5.41. The molecule has 0 bridgehead atoms. The van der Waals surface area contributed by atoms with Gasteiger partial charge in [0.1, 0.15) is 12.4 Å². The zero-order valence-electron chi connectivity index (χ0n) is 9.50. The van der Waals surface area contributed by atoms with Crippen LogP contribution in [0.25, 0.3) is 0 Å². The maximum atomic E-state index is 6.07. The van der Waals surface area contributed by atoms with E-state index in [4.69, 9.17) is 27.9 Å². The first-order valence-corrected chi connectivity index (χ1v) is 7.40. The second-order valence-electron chi connectivity index (χ2n) is 3.77. The van der Waals surface area contributed by atoms with E-state index < -0.39 is 0 Å². The van der Waals surface area contributed by atoms with E-state index in [1.165, 1.54) is 3.57 Å². The van der Waals surface area contributed by atoms with Crippen molar-refractivity contribution in [1.82, 2.24) is 0 Å². The van der Waals surface area contributed by atoms with E-state index in [1.807, 2.05) is 30.3 Å². The van der Waals surface area contributed by atoms with E-state index in [1.54, 1.807) is 0 Å². The second kappa shape index (κ2) is 6.64. The zero-order valence-corrected chi connectivity index (χ0v) is 13.2. The minimum atomic E-state index is 0.349. The maximum absolute atomic E-state index is 6.07. The van der Waals surface area contributed by atoms with E-state index in [9.17, 15) is 0 Å². The standard InChI is InChI=1S/C14H11Cl2IO/c15-8-12-13(16)2-1-3-14(12)18-9-10-4-6-11(17)7-5-10/h1-7H,8-9H2. The molecule has 2 rings (SSSR count). The van der Waals surface area contributed by atoms with E-state index in [-0.39, 0.29) is 0 Å². The molecule has 4 heteroatoms. The molecule has 0 spiro atoms. The summed E-state index contributed by atoms with van der Waals surface area (Å²) in [5.41, 5.74) is 1.96. The normalized spacial score (nSPS) is 10.4. The molecule has 0 saturated heterocycles. The summed E-state index contributed by atoms with van der Waals surface area (Å²) in [6.07, 6.45) is 0. The molecule has 0 heterocycles. The van der Waals surface area contributed by atoms with E-state index in [0.717, 1.165) is 16.9 Å². The van der Waals surface area contributed by atoms with E-state index in [2.05, 4.69) is 34.7 Å². The van der Waals surface area contributed by atoms with Crippen LogP contribution in [-0.2, 0) is 12.5 Å². The van der Waals surface area contributed by atoms with Gasteiger partial charge >= 0.3 is 0 Å². The molecule has 1 nitrogen and oxygen atoms in total. The fourth-order valence-corrected chi connectivity index (χ4v) is 2.48. The summed E-state index contributed by atoms with van der Waals surface area (Å²) in [4.78, 5) is 0. The van der Waals surface area contributed by atoms with Crippen molar-refractivity contribution in [3.05, 3.63) is 62.2 Å². The van der Waals surface area contributed by atoms with Gasteiger partial charge in [-0.1, -0.05) is 29.8 Å². The molecule has 0 radical (unpaired) electrons. The number of alkyl halides is 1.